The summed E-state index contributed by atoms with van der Waals surface area (Å²) in [5, 5.41) is 21.8. The molecule has 0 aliphatic heterocycles. The fourth-order valence-corrected chi connectivity index (χ4v) is 5.73. The Morgan fingerprint density at radius 3 is 1.13 bits per heavy atom. The van der Waals surface area contributed by atoms with Crippen LogP contribution in [0.5, 0.6) is 0 Å². The van der Waals surface area contributed by atoms with Crippen molar-refractivity contribution in [2.45, 2.75) is 50.4 Å². The van der Waals surface area contributed by atoms with E-state index < -0.39 is 0 Å². The van der Waals surface area contributed by atoms with Crippen LogP contribution in [0.2, 0.25) is 0 Å². The average molecular weight is 507 g/mol. The molecule has 0 atom stereocenters. The third kappa shape index (κ3) is 5.49. The lowest BCUT2D eigenvalue weighted by atomic mass is 9.65. The molecule has 0 N–H and O–H groups in total. The summed E-state index contributed by atoms with van der Waals surface area (Å²) in [6, 6.07) is 31.4. The number of hydrogen-bond donors (Lipinski definition) is 0. The molecule has 4 aromatic carbocycles. The fraction of sp³-hybridized carbons (Fsp3) is 0.250. The van der Waals surface area contributed by atoms with Gasteiger partial charge in [-0.1, -0.05) is 92.1 Å². The molecule has 0 radical (unpaired) electrons. The lowest BCUT2D eigenvalue weighted by Gasteiger charge is -2.39. The standard InChI is InChI=1S/C32H30N2O4/c35-33(36)30-16-8-26(9-17-30)22-24-4-12-28(13-5-24)32(20-2-1-3-21-32)29-14-6-25(7-15-29)23-27-10-18-31(19-11-27)34(37)38/h4-19H,1-3,20-23H2. The Labute approximate surface area is 222 Å². The summed E-state index contributed by atoms with van der Waals surface area (Å²) in [7, 11) is 0. The first-order chi connectivity index (χ1) is 18.4. The van der Waals surface area contributed by atoms with Crippen molar-refractivity contribution in [2.24, 2.45) is 0 Å². The number of rotatable bonds is 8. The first-order valence-corrected chi connectivity index (χ1v) is 13.1. The molecule has 0 heterocycles. The second kappa shape index (κ2) is 11.0. The van der Waals surface area contributed by atoms with Crippen molar-refractivity contribution in [1.82, 2.24) is 0 Å². The molecule has 38 heavy (non-hydrogen) atoms. The molecule has 1 aliphatic carbocycles. The van der Waals surface area contributed by atoms with E-state index in [1.54, 1.807) is 24.3 Å². The molecular weight excluding hydrogens is 476 g/mol. The van der Waals surface area contributed by atoms with E-state index in [1.807, 2.05) is 24.3 Å². The van der Waals surface area contributed by atoms with E-state index in [-0.39, 0.29) is 26.6 Å². The highest BCUT2D eigenvalue weighted by atomic mass is 16.6. The van der Waals surface area contributed by atoms with Crippen LogP contribution >= 0.6 is 0 Å². The van der Waals surface area contributed by atoms with Crippen molar-refractivity contribution >= 4 is 11.4 Å². The van der Waals surface area contributed by atoms with Crippen molar-refractivity contribution < 1.29 is 9.85 Å². The highest BCUT2D eigenvalue weighted by molar-refractivity contribution is 5.44. The van der Waals surface area contributed by atoms with Crippen molar-refractivity contribution in [3.63, 3.8) is 0 Å². The van der Waals surface area contributed by atoms with E-state index in [1.165, 1.54) is 41.5 Å². The predicted octanol–water partition coefficient (Wildman–Crippen LogP) is 7.93. The minimum Gasteiger partial charge on any atom is -0.258 e. The molecule has 0 spiro atoms. The summed E-state index contributed by atoms with van der Waals surface area (Å²) in [6.07, 6.45) is 7.39. The van der Waals surface area contributed by atoms with E-state index in [9.17, 15) is 20.2 Å². The molecule has 1 saturated carbocycles. The van der Waals surface area contributed by atoms with Gasteiger partial charge in [-0.25, -0.2) is 0 Å². The smallest absolute Gasteiger partial charge is 0.258 e. The van der Waals surface area contributed by atoms with Crippen LogP contribution in [0.1, 0.15) is 65.5 Å². The van der Waals surface area contributed by atoms with Crippen LogP contribution < -0.4 is 0 Å². The van der Waals surface area contributed by atoms with Crippen LogP contribution in [-0.2, 0) is 18.3 Å². The minimum absolute atomic E-state index is 0.00394. The van der Waals surface area contributed by atoms with E-state index >= 15 is 0 Å². The van der Waals surface area contributed by atoms with Gasteiger partial charge in [0, 0.05) is 29.7 Å². The molecule has 6 heteroatoms. The molecule has 1 aliphatic rings. The molecule has 0 saturated heterocycles. The normalized spacial score (nSPS) is 14.6. The number of hydrogen-bond acceptors (Lipinski definition) is 4. The summed E-state index contributed by atoms with van der Waals surface area (Å²) < 4.78 is 0. The summed E-state index contributed by atoms with van der Waals surface area (Å²) in [5.41, 5.74) is 7.39. The summed E-state index contributed by atoms with van der Waals surface area (Å²) >= 11 is 0. The zero-order chi connectivity index (χ0) is 26.5. The monoisotopic (exact) mass is 506 g/mol. The van der Waals surface area contributed by atoms with Crippen LogP contribution in [0.15, 0.2) is 97.1 Å². The highest BCUT2D eigenvalue weighted by Crippen LogP contribution is 2.45. The third-order valence-electron chi connectivity index (χ3n) is 7.83. The highest BCUT2D eigenvalue weighted by Gasteiger charge is 2.35. The number of non-ortho nitro benzene ring substituents is 2. The van der Waals surface area contributed by atoms with E-state index in [0.29, 0.717) is 0 Å². The maximum absolute atomic E-state index is 10.9. The molecule has 5 rings (SSSR count). The molecule has 4 aromatic rings. The Balaban J connectivity index is 1.34. The van der Waals surface area contributed by atoms with Crippen molar-refractivity contribution in [3.8, 4) is 0 Å². The van der Waals surface area contributed by atoms with Crippen molar-refractivity contribution in [1.29, 1.82) is 0 Å². The van der Waals surface area contributed by atoms with Gasteiger partial charge in [-0.3, -0.25) is 20.2 Å². The predicted molar refractivity (Wildman–Crippen MR) is 149 cm³/mol. The van der Waals surface area contributed by atoms with Gasteiger partial charge in [0.15, 0.2) is 0 Å². The molecule has 0 unspecified atom stereocenters. The lowest BCUT2D eigenvalue weighted by Crippen LogP contribution is -2.30. The summed E-state index contributed by atoms with van der Waals surface area (Å²) in [4.78, 5) is 21.1. The fourth-order valence-electron chi connectivity index (χ4n) is 5.73. The topological polar surface area (TPSA) is 86.3 Å². The van der Waals surface area contributed by atoms with Crippen LogP contribution in [0.4, 0.5) is 11.4 Å². The summed E-state index contributed by atoms with van der Waals surface area (Å²) in [6.45, 7) is 0. The maximum atomic E-state index is 10.9. The summed E-state index contributed by atoms with van der Waals surface area (Å²) in [5.74, 6) is 0. The molecule has 1 fully saturated rings. The molecule has 0 aromatic heterocycles. The SMILES string of the molecule is O=[N+]([O-])c1ccc(Cc2ccc(C3(c4ccc(Cc5ccc([N+](=O)[O-])cc5)cc4)CCCCC3)cc2)cc1. The second-order valence-corrected chi connectivity index (χ2v) is 10.2. The van der Waals surface area contributed by atoms with Crippen LogP contribution in [-0.4, -0.2) is 9.85 Å². The van der Waals surface area contributed by atoms with Crippen molar-refractivity contribution in [2.75, 3.05) is 0 Å². The van der Waals surface area contributed by atoms with Gasteiger partial charge in [-0.15, -0.1) is 0 Å². The first-order valence-electron chi connectivity index (χ1n) is 13.1. The third-order valence-corrected chi connectivity index (χ3v) is 7.83. The molecule has 0 bridgehead atoms. The van der Waals surface area contributed by atoms with E-state index in [4.69, 9.17) is 0 Å². The maximum Gasteiger partial charge on any atom is 0.269 e. The quantitative estimate of drug-likeness (QED) is 0.179. The van der Waals surface area contributed by atoms with Crippen molar-refractivity contribution in [3.05, 3.63) is 151 Å². The molecule has 6 nitrogen and oxygen atoms in total. The molecular formula is C32H30N2O4. The van der Waals surface area contributed by atoms with Gasteiger partial charge >= 0.3 is 0 Å². The molecule has 0 amide bonds. The van der Waals surface area contributed by atoms with E-state index in [2.05, 4.69) is 48.5 Å². The Bertz CT molecular complexity index is 1300. The Morgan fingerprint density at radius 2 is 0.816 bits per heavy atom. The number of nitro benzene ring substituents is 2. The van der Waals surface area contributed by atoms with Gasteiger partial charge in [-0.05, 0) is 59.1 Å². The van der Waals surface area contributed by atoms with E-state index in [0.717, 1.165) is 36.8 Å². The van der Waals surface area contributed by atoms with Gasteiger partial charge in [0.25, 0.3) is 11.4 Å². The second-order valence-electron chi connectivity index (χ2n) is 10.2. The van der Waals surface area contributed by atoms with Gasteiger partial charge in [0.2, 0.25) is 0 Å². The Kier molecular flexibility index (Phi) is 7.31. The van der Waals surface area contributed by atoms with Gasteiger partial charge < -0.3 is 0 Å². The number of nitro groups is 2. The average Bonchev–Trinajstić information content (AvgIpc) is 2.95. The largest absolute Gasteiger partial charge is 0.269 e. The van der Waals surface area contributed by atoms with Gasteiger partial charge in [-0.2, -0.15) is 0 Å². The minimum atomic E-state index is -0.371. The Hall–Kier alpha value is -4.32. The number of benzene rings is 4. The zero-order valence-corrected chi connectivity index (χ0v) is 21.2. The van der Waals surface area contributed by atoms with Crippen LogP contribution in [0.25, 0.3) is 0 Å². The van der Waals surface area contributed by atoms with Crippen LogP contribution in [0, 0.1) is 20.2 Å². The number of nitrogens with zero attached hydrogens (tertiary/aromatic N) is 2. The first kappa shape index (κ1) is 25.3. The molecule has 192 valence electrons. The Morgan fingerprint density at radius 1 is 0.500 bits per heavy atom. The van der Waals surface area contributed by atoms with Gasteiger partial charge in [0.05, 0.1) is 9.85 Å². The lowest BCUT2D eigenvalue weighted by molar-refractivity contribution is -0.385. The van der Waals surface area contributed by atoms with Gasteiger partial charge in [0.1, 0.15) is 0 Å². The zero-order valence-electron chi connectivity index (χ0n) is 21.2. The van der Waals surface area contributed by atoms with Crippen LogP contribution in [0.3, 0.4) is 0 Å².